The van der Waals surface area contributed by atoms with Gasteiger partial charge in [-0.05, 0) is 11.6 Å². The van der Waals surface area contributed by atoms with E-state index in [0.29, 0.717) is 0 Å². The van der Waals surface area contributed by atoms with Gasteiger partial charge < -0.3 is 0 Å². The highest BCUT2D eigenvalue weighted by Gasteiger charge is 2.16. The summed E-state index contributed by atoms with van der Waals surface area (Å²) in [5, 5.41) is -0.0753. The van der Waals surface area contributed by atoms with Gasteiger partial charge in [0.15, 0.2) is 0 Å². The molecule has 0 saturated heterocycles. The number of rotatable bonds is 7. The largest absolute Gasteiger partial charge is 0.243 e. The van der Waals surface area contributed by atoms with E-state index in [4.69, 9.17) is 11.6 Å². The smallest absolute Gasteiger partial charge is 0.225 e. The van der Waals surface area contributed by atoms with Crippen LogP contribution in [0.3, 0.4) is 0 Å². The fourth-order valence-corrected chi connectivity index (χ4v) is 3.23. The van der Waals surface area contributed by atoms with Crippen molar-refractivity contribution in [2.45, 2.75) is 11.8 Å². The van der Waals surface area contributed by atoms with Crippen molar-refractivity contribution in [3.8, 4) is 0 Å². The SMILES string of the molecule is CCNS(=O)(=O)CCNS(=O)(=O)c1cnc(Cl)nc1. The van der Waals surface area contributed by atoms with Gasteiger partial charge in [-0.3, -0.25) is 0 Å². The summed E-state index contributed by atoms with van der Waals surface area (Å²) >= 11 is 5.44. The Bertz CT molecular complexity index is 615. The van der Waals surface area contributed by atoms with Crippen LogP contribution in [-0.2, 0) is 20.0 Å². The first-order valence-corrected chi connectivity index (χ1v) is 8.73. The van der Waals surface area contributed by atoms with Crippen molar-refractivity contribution in [2.75, 3.05) is 18.8 Å². The lowest BCUT2D eigenvalue weighted by Gasteiger charge is -2.07. The first-order chi connectivity index (χ1) is 8.77. The fourth-order valence-electron chi connectivity index (χ4n) is 1.13. The van der Waals surface area contributed by atoms with Crippen LogP contribution in [0.5, 0.6) is 0 Å². The maximum Gasteiger partial charge on any atom is 0.243 e. The molecule has 8 nitrogen and oxygen atoms in total. The van der Waals surface area contributed by atoms with E-state index in [9.17, 15) is 16.8 Å². The Kier molecular flexibility index (Phi) is 5.62. The molecule has 0 aliphatic rings. The number of aromatic nitrogens is 2. The number of nitrogens with zero attached hydrogens (tertiary/aromatic N) is 2. The Hall–Kier alpha value is -0.810. The highest BCUT2D eigenvalue weighted by molar-refractivity contribution is 7.90. The van der Waals surface area contributed by atoms with Crippen molar-refractivity contribution in [1.82, 2.24) is 19.4 Å². The normalized spacial score (nSPS) is 12.5. The molecule has 108 valence electrons. The molecule has 0 unspecified atom stereocenters. The molecule has 0 fully saturated rings. The van der Waals surface area contributed by atoms with E-state index in [0.717, 1.165) is 12.4 Å². The number of halogens is 1. The number of sulfonamides is 2. The van der Waals surface area contributed by atoms with Crippen LogP contribution in [0.1, 0.15) is 6.92 Å². The van der Waals surface area contributed by atoms with Crippen LogP contribution in [0, 0.1) is 0 Å². The molecule has 0 aliphatic heterocycles. The molecule has 0 amide bonds. The first kappa shape index (κ1) is 16.2. The van der Waals surface area contributed by atoms with E-state index in [1.807, 2.05) is 0 Å². The summed E-state index contributed by atoms with van der Waals surface area (Å²) in [6, 6.07) is 0. The molecule has 0 aliphatic carbocycles. The minimum atomic E-state index is -3.84. The second-order valence-corrected chi connectivity index (χ2v) is 7.43. The van der Waals surface area contributed by atoms with Gasteiger partial charge >= 0.3 is 0 Å². The summed E-state index contributed by atoms with van der Waals surface area (Å²) in [5.74, 6) is -0.353. The molecule has 0 radical (unpaired) electrons. The number of hydrogen-bond acceptors (Lipinski definition) is 6. The van der Waals surface area contributed by atoms with Crippen LogP contribution < -0.4 is 9.44 Å². The standard InChI is InChI=1S/C8H13ClN4O4S2/c1-2-12-18(14,15)4-3-13-19(16,17)7-5-10-8(9)11-6-7/h5-6,12-13H,2-4H2,1H3. The highest BCUT2D eigenvalue weighted by Crippen LogP contribution is 2.07. The monoisotopic (exact) mass is 328 g/mol. The third kappa shape index (κ3) is 5.37. The Morgan fingerprint density at radius 1 is 1.16 bits per heavy atom. The van der Waals surface area contributed by atoms with Gasteiger partial charge in [0, 0.05) is 13.1 Å². The predicted molar refractivity (Wildman–Crippen MR) is 69.7 cm³/mol. The van der Waals surface area contributed by atoms with Gasteiger partial charge in [0.1, 0.15) is 4.90 Å². The number of nitrogens with one attached hydrogen (secondary N) is 2. The van der Waals surface area contributed by atoms with E-state index < -0.39 is 20.0 Å². The van der Waals surface area contributed by atoms with Crippen LogP contribution in [-0.4, -0.2) is 45.6 Å². The van der Waals surface area contributed by atoms with Crippen molar-refractivity contribution in [3.63, 3.8) is 0 Å². The predicted octanol–water partition coefficient (Wildman–Crippen LogP) is -0.652. The van der Waals surface area contributed by atoms with Crippen LogP contribution in [0.4, 0.5) is 0 Å². The summed E-state index contributed by atoms with van der Waals surface area (Å²) in [6.07, 6.45) is 2.08. The quantitative estimate of drug-likeness (QED) is 0.642. The molecule has 0 atom stereocenters. The lowest BCUT2D eigenvalue weighted by Crippen LogP contribution is -2.34. The van der Waals surface area contributed by atoms with Gasteiger partial charge in [0.2, 0.25) is 25.3 Å². The van der Waals surface area contributed by atoms with Crippen molar-refractivity contribution < 1.29 is 16.8 Å². The molecule has 1 aromatic rings. The summed E-state index contributed by atoms with van der Waals surface area (Å²) in [6.45, 7) is 1.63. The first-order valence-electron chi connectivity index (χ1n) is 5.21. The van der Waals surface area contributed by atoms with Crippen LogP contribution >= 0.6 is 11.6 Å². The summed E-state index contributed by atoms with van der Waals surface area (Å²) in [5.41, 5.74) is 0. The van der Waals surface area contributed by atoms with E-state index in [1.165, 1.54) is 0 Å². The molecule has 11 heteroatoms. The van der Waals surface area contributed by atoms with Gasteiger partial charge in [-0.2, -0.15) is 0 Å². The van der Waals surface area contributed by atoms with Crippen molar-refractivity contribution in [1.29, 1.82) is 0 Å². The van der Waals surface area contributed by atoms with Gasteiger partial charge in [0.05, 0.1) is 18.1 Å². The Morgan fingerprint density at radius 3 is 2.26 bits per heavy atom. The van der Waals surface area contributed by atoms with Crippen LogP contribution in [0.25, 0.3) is 0 Å². The zero-order valence-electron chi connectivity index (χ0n) is 10.00. The van der Waals surface area contributed by atoms with Crippen molar-refractivity contribution in [2.24, 2.45) is 0 Å². The lowest BCUT2D eigenvalue weighted by atomic mass is 10.7. The van der Waals surface area contributed by atoms with E-state index in [-0.39, 0.29) is 29.0 Å². The molecular weight excluding hydrogens is 316 g/mol. The van der Waals surface area contributed by atoms with Gasteiger partial charge in [0.25, 0.3) is 0 Å². The molecule has 1 aromatic heterocycles. The average Bonchev–Trinajstić information content (AvgIpc) is 2.28. The van der Waals surface area contributed by atoms with E-state index >= 15 is 0 Å². The molecule has 2 N–H and O–H groups in total. The Morgan fingerprint density at radius 2 is 1.74 bits per heavy atom. The summed E-state index contributed by atoms with van der Waals surface area (Å²) in [7, 11) is -7.31. The number of hydrogen-bond donors (Lipinski definition) is 2. The Balaban J connectivity index is 2.64. The minimum absolute atomic E-state index is 0.0753. The molecule has 0 spiro atoms. The van der Waals surface area contributed by atoms with E-state index in [1.54, 1.807) is 6.92 Å². The van der Waals surface area contributed by atoms with E-state index in [2.05, 4.69) is 19.4 Å². The summed E-state index contributed by atoms with van der Waals surface area (Å²) < 4.78 is 50.5. The zero-order valence-corrected chi connectivity index (χ0v) is 12.4. The summed E-state index contributed by atoms with van der Waals surface area (Å²) in [4.78, 5) is 6.89. The molecular formula is C8H13ClN4O4S2. The Labute approximate surface area is 116 Å². The molecule has 0 saturated carbocycles. The molecule has 1 heterocycles. The topological polar surface area (TPSA) is 118 Å². The zero-order chi connectivity index (χ0) is 14.5. The average molecular weight is 329 g/mol. The van der Waals surface area contributed by atoms with Gasteiger partial charge in [-0.25, -0.2) is 36.2 Å². The lowest BCUT2D eigenvalue weighted by molar-refractivity contribution is 0.576. The third-order valence-corrected chi connectivity index (χ3v) is 5.01. The van der Waals surface area contributed by atoms with Gasteiger partial charge in [-0.15, -0.1) is 0 Å². The minimum Gasteiger partial charge on any atom is -0.225 e. The second-order valence-electron chi connectivity index (χ2n) is 3.40. The third-order valence-electron chi connectivity index (χ3n) is 1.93. The fraction of sp³-hybridized carbons (Fsp3) is 0.500. The maximum absolute atomic E-state index is 11.7. The maximum atomic E-state index is 11.7. The molecule has 1 rings (SSSR count). The van der Waals surface area contributed by atoms with Crippen molar-refractivity contribution in [3.05, 3.63) is 17.7 Å². The second kappa shape index (κ2) is 6.57. The molecule has 0 bridgehead atoms. The highest BCUT2D eigenvalue weighted by atomic mass is 35.5. The van der Waals surface area contributed by atoms with Crippen molar-refractivity contribution >= 4 is 31.6 Å². The van der Waals surface area contributed by atoms with Gasteiger partial charge in [-0.1, -0.05) is 6.92 Å². The molecule has 0 aromatic carbocycles. The molecule has 19 heavy (non-hydrogen) atoms. The van der Waals surface area contributed by atoms with Crippen LogP contribution in [0.2, 0.25) is 5.28 Å². The van der Waals surface area contributed by atoms with Crippen LogP contribution in [0.15, 0.2) is 17.3 Å².